The lowest BCUT2D eigenvalue weighted by Crippen LogP contribution is -2.12. The van der Waals surface area contributed by atoms with Gasteiger partial charge in [-0.15, -0.1) is 0 Å². The lowest BCUT2D eigenvalue weighted by atomic mass is 10.1. The monoisotopic (exact) mass is 465 g/mol. The Morgan fingerprint density at radius 1 is 1.15 bits per heavy atom. The summed E-state index contributed by atoms with van der Waals surface area (Å²) in [5, 5.41) is 0.496. The smallest absolute Gasteiger partial charge is 0.366 e. The summed E-state index contributed by atoms with van der Waals surface area (Å²) in [6, 6.07) is 9.22. The summed E-state index contributed by atoms with van der Waals surface area (Å²) in [6.07, 6.45) is -3.43. The SMILES string of the molecule is Cc1cc(Br)ccc1C(N)=O.O=S(=O)(O)/C=C/c1ccc(C(F)(F)F)cc1. The van der Waals surface area contributed by atoms with Crippen LogP contribution in [0.15, 0.2) is 52.3 Å². The minimum atomic E-state index is -4.43. The van der Waals surface area contributed by atoms with Crippen LogP contribution < -0.4 is 5.73 Å². The lowest BCUT2D eigenvalue weighted by Gasteiger charge is -2.05. The molecule has 2 aromatic rings. The van der Waals surface area contributed by atoms with E-state index in [1.54, 1.807) is 12.1 Å². The third-order valence-electron chi connectivity index (χ3n) is 3.12. The van der Waals surface area contributed by atoms with E-state index in [4.69, 9.17) is 10.3 Å². The number of alkyl halides is 3. The Hall–Kier alpha value is -2.17. The fourth-order valence-corrected chi connectivity index (χ4v) is 2.66. The van der Waals surface area contributed by atoms with Gasteiger partial charge in [0.1, 0.15) is 0 Å². The quantitative estimate of drug-likeness (QED) is 0.655. The number of amides is 1. The third kappa shape index (κ3) is 8.37. The molecule has 27 heavy (non-hydrogen) atoms. The van der Waals surface area contributed by atoms with Crippen molar-refractivity contribution in [3.05, 3.63) is 74.6 Å². The molecule has 0 saturated carbocycles. The van der Waals surface area contributed by atoms with Crippen LogP contribution in [0, 0.1) is 6.92 Å². The van der Waals surface area contributed by atoms with Gasteiger partial charge in [-0.2, -0.15) is 21.6 Å². The van der Waals surface area contributed by atoms with E-state index in [0.717, 1.165) is 40.4 Å². The van der Waals surface area contributed by atoms with Gasteiger partial charge in [-0.1, -0.05) is 28.1 Å². The molecule has 0 atom stereocenters. The summed E-state index contributed by atoms with van der Waals surface area (Å²) in [5.74, 6) is -0.380. The number of hydrogen-bond acceptors (Lipinski definition) is 3. The molecule has 0 aliphatic carbocycles. The average molecular weight is 466 g/mol. The number of carbonyl (C=O) groups excluding carboxylic acids is 1. The van der Waals surface area contributed by atoms with Gasteiger partial charge in [0, 0.05) is 10.0 Å². The van der Waals surface area contributed by atoms with Gasteiger partial charge in [0.25, 0.3) is 10.1 Å². The summed E-state index contributed by atoms with van der Waals surface area (Å²) in [7, 11) is -4.26. The van der Waals surface area contributed by atoms with Gasteiger partial charge in [-0.3, -0.25) is 9.35 Å². The molecule has 0 heterocycles. The Morgan fingerprint density at radius 3 is 2.11 bits per heavy atom. The standard InChI is InChI=1S/C9H7F3O3S.C8H8BrNO/c10-9(11,12)8-3-1-7(2-4-8)5-6-16(13,14)15;1-5-4-6(9)2-3-7(5)8(10)11/h1-6H,(H,13,14,15);2-4H,1H3,(H2,10,11)/b6-5+;. The van der Waals surface area contributed by atoms with Crippen LogP contribution in [0.25, 0.3) is 6.08 Å². The van der Waals surface area contributed by atoms with Crippen LogP contribution in [-0.4, -0.2) is 18.9 Å². The third-order valence-corrected chi connectivity index (χ3v) is 4.10. The fourth-order valence-electron chi connectivity index (χ4n) is 1.85. The van der Waals surface area contributed by atoms with Gasteiger partial charge in [-0.05, 0) is 54.5 Å². The molecule has 0 aromatic heterocycles. The molecule has 2 rings (SSSR count). The topological polar surface area (TPSA) is 97.5 Å². The molecule has 0 aliphatic rings. The zero-order valence-corrected chi connectivity index (χ0v) is 16.3. The van der Waals surface area contributed by atoms with Crippen molar-refractivity contribution in [2.24, 2.45) is 5.73 Å². The molecule has 0 fully saturated rings. The van der Waals surface area contributed by atoms with Crippen molar-refractivity contribution in [3.8, 4) is 0 Å². The molecule has 10 heteroatoms. The number of aryl methyl sites for hydroxylation is 1. The van der Waals surface area contributed by atoms with Crippen molar-refractivity contribution in [1.82, 2.24) is 0 Å². The Kier molecular flexibility index (Phi) is 7.76. The normalized spacial score (nSPS) is 11.8. The second-order valence-electron chi connectivity index (χ2n) is 5.26. The van der Waals surface area contributed by atoms with Crippen LogP contribution in [0.4, 0.5) is 13.2 Å². The van der Waals surface area contributed by atoms with Crippen LogP contribution in [0.5, 0.6) is 0 Å². The summed E-state index contributed by atoms with van der Waals surface area (Å²) in [6.45, 7) is 1.85. The van der Waals surface area contributed by atoms with Crippen molar-refractivity contribution in [3.63, 3.8) is 0 Å². The maximum atomic E-state index is 12.1. The largest absolute Gasteiger partial charge is 0.416 e. The highest BCUT2D eigenvalue weighted by Gasteiger charge is 2.29. The van der Waals surface area contributed by atoms with Crippen LogP contribution in [0.1, 0.15) is 27.0 Å². The second kappa shape index (κ2) is 9.16. The van der Waals surface area contributed by atoms with Gasteiger partial charge < -0.3 is 5.73 Å². The number of nitrogens with two attached hydrogens (primary N) is 1. The first-order chi connectivity index (χ1) is 12.3. The average Bonchev–Trinajstić information content (AvgIpc) is 2.52. The van der Waals surface area contributed by atoms with E-state index in [2.05, 4.69) is 15.9 Å². The molecule has 1 amide bonds. The Morgan fingerprint density at radius 2 is 1.70 bits per heavy atom. The van der Waals surface area contributed by atoms with Crippen molar-refractivity contribution in [1.29, 1.82) is 0 Å². The zero-order valence-electron chi connectivity index (χ0n) is 13.9. The molecule has 0 saturated heterocycles. The maximum absolute atomic E-state index is 12.1. The van der Waals surface area contributed by atoms with Crippen molar-refractivity contribution in [2.45, 2.75) is 13.1 Å². The van der Waals surface area contributed by atoms with E-state index >= 15 is 0 Å². The molecule has 2 aromatic carbocycles. The van der Waals surface area contributed by atoms with E-state index in [9.17, 15) is 26.4 Å². The lowest BCUT2D eigenvalue weighted by molar-refractivity contribution is -0.137. The number of halogens is 4. The van der Waals surface area contributed by atoms with E-state index in [1.165, 1.54) is 0 Å². The predicted molar refractivity (Wildman–Crippen MR) is 99.4 cm³/mol. The van der Waals surface area contributed by atoms with E-state index in [-0.39, 0.29) is 11.5 Å². The summed E-state index contributed by atoms with van der Waals surface area (Å²) >= 11 is 3.29. The van der Waals surface area contributed by atoms with Gasteiger partial charge in [0.15, 0.2) is 0 Å². The number of carbonyl (C=O) groups is 1. The highest BCUT2D eigenvalue weighted by atomic mass is 79.9. The predicted octanol–water partition coefficient (Wildman–Crippen LogP) is 4.42. The number of benzene rings is 2. The number of hydrogen-bond donors (Lipinski definition) is 2. The number of primary amides is 1. The summed E-state index contributed by atoms with van der Waals surface area (Å²) in [4.78, 5) is 10.7. The molecule has 0 radical (unpaired) electrons. The highest BCUT2D eigenvalue weighted by Crippen LogP contribution is 2.29. The van der Waals surface area contributed by atoms with Crippen molar-refractivity contribution < 1.29 is 30.9 Å². The van der Waals surface area contributed by atoms with E-state index < -0.39 is 21.9 Å². The van der Waals surface area contributed by atoms with Gasteiger partial charge in [0.05, 0.1) is 11.0 Å². The minimum Gasteiger partial charge on any atom is -0.366 e. The first-order valence-electron chi connectivity index (χ1n) is 7.18. The molecule has 0 bridgehead atoms. The van der Waals surface area contributed by atoms with Crippen LogP contribution in [0.2, 0.25) is 0 Å². The van der Waals surface area contributed by atoms with Gasteiger partial charge in [0.2, 0.25) is 5.91 Å². The molecule has 0 unspecified atom stereocenters. The number of rotatable bonds is 3. The molecule has 0 spiro atoms. The molecule has 0 aliphatic heterocycles. The second-order valence-corrected chi connectivity index (χ2v) is 7.48. The van der Waals surface area contributed by atoms with Crippen LogP contribution in [-0.2, 0) is 16.3 Å². The van der Waals surface area contributed by atoms with Crippen molar-refractivity contribution in [2.75, 3.05) is 0 Å². The highest BCUT2D eigenvalue weighted by molar-refractivity contribution is 9.10. The molecular weight excluding hydrogens is 451 g/mol. The Balaban J connectivity index is 0.000000289. The van der Waals surface area contributed by atoms with E-state index in [0.29, 0.717) is 11.0 Å². The van der Waals surface area contributed by atoms with Crippen LogP contribution >= 0.6 is 15.9 Å². The van der Waals surface area contributed by atoms with Gasteiger partial charge in [-0.25, -0.2) is 0 Å². The first kappa shape index (κ1) is 22.9. The first-order valence-corrected chi connectivity index (χ1v) is 9.48. The minimum absolute atomic E-state index is 0.241. The van der Waals surface area contributed by atoms with Crippen molar-refractivity contribution >= 4 is 38.0 Å². The zero-order chi connectivity index (χ0) is 20.8. The summed E-state index contributed by atoms with van der Waals surface area (Å²) in [5.41, 5.74) is 6.00. The van der Waals surface area contributed by atoms with E-state index in [1.807, 2.05) is 13.0 Å². The van der Waals surface area contributed by atoms with Gasteiger partial charge >= 0.3 is 6.18 Å². The molecule has 3 N–H and O–H groups in total. The summed E-state index contributed by atoms with van der Waals surface area (Å²) < 4.78 is 66.4. The fraction of sp³-hybridized carbons (Fsp3) is 0.118. The molecule has 146 valence electrons. The molecular formula is C17H15BrF3NO4S. The molecule has 5 nitrogen and oxygen atoms in total. The Labute approximate surface area is 162 Å². The van der Waals surface area contributed by atoms with Crippen LogP contribution in [0.3, 0.4) is 0 Å². The Bertz CT molecular complexity index is 940. The maximum Gasteiger partial charge on any atom is 0.416 e.